The lowest BCUT2D eigenvalue weighted by atomic mass is 9.97. The van der Waals surface area contributed by atoms with Crippen molar-refractivity contribution in [2.45, 2.75) is 204 Å². The van der Waals surface area contributed by atoms with Gasteiger partial charge in [0.1, 0.15) is 64.5 Å². The number of rotatable bonds is 16. The number of carbonyl (C=O) groups excluding carboxylic acids is 6. The van der Waals surface area contributed by atoms with Crippen molar-refractivity contribution in [1.82, 2.24) is 44.5 Å². The number of para-hydroxylation sites is 3. The molecular weight excluding hydrogens is 1800 g/mol. The lowest BCUT2D eigenvalue weighted by Crippen LogP contribution is -2.50. The summed E-state index contributed by atoms with van der Waals surface area (Å²) in [5.41, 5.74) is 19.2. The first kappa shape index (κ1) is 96.8. The number of aromatic nitrogens is 9. The van der Waals surface area contributed by atoms with E-state index >= 15 is 0 Å². The molecule has 19 rings (SSSR count). The van der Waals surface area contributed by atoms with Gasteiger partial charge in [0.25, 0.3) is 0 Å². The standard InChI is InChI=1S/C35H39N4O6.C30H31N4O4.C20H19N3O4.C15H20BrNO2.C5H8O2/c1-7-42-33(40)28-19-36-39-30-13-9-12-29(38(30)23(3)44-32(28)39)27-11-8-10-22(2)31(27)43-21-24-14-15-26-20-37(17-16-25(26)18-24)34(41)45-35(4,5)6;1-4-36-30(35)25-17-32-34-27-10-6-9-26(33(27)20(3)38-29(25)34)24-8-5-7-19(2)28(24)37-18-21-11-12-23-16-31-14-13-22(23)15-21;1-4-26-20(25)15-11-21-23-17-10-6-9-16(22(17)13(3)27-19(15)23)14-8-5-7-12(2)18(14)24;1-15(2,3)19-14(18)17-7-6-12-8-11(9-16)4-5-13(12)10-17;6-5-1-3-7-4-2-5/h8-15,18-19,23H,7,16-17,20-21H2,1-6H3;5-12,15,17,20,31H,4,13-14,16,18H2,1-3H3;5-11,13H,4H2,1-3H3;4-5,8H,6-7,9-10H2,1-3H3;1-4H2/q2*+1;;;/p+1. The summed E-state index contributed by atoms with van der Waals surface area (Å²) in [5.74, 6) is 4.19. The second-order valence-corrected chi connectivity index (χ2v) is 36.4. The number of benzene rings is 6. The van der Waals surface area contributed by atoms with Gasteiger partial charge < -0.3 is 72.3 Å². The number of hydrogen-bond donors (Lipinski definition) is 2. The van der Waals surface area contributed by atoms with Crippen molar-refractivity contribution in [3.05, 3.63) is 266 Å². The molecular formula is C105H118BrN12O18+3. The molecule has 6 aromatic carbocycles. The van der Waals surface area contributed by atoms with Crippen LogP contribution in [0.3, 0.4) is 0 Å². The fraction of sp³-hybridized carbons (Fsp3) is 0.371. The third-order valence-electron chi connectivity index (χ3n) is 23.8. The lowest BCUT2D eigenvalue weighted by Gasteiger charge is -2.31. The minimum absolute atomic E-state index is 0.220. The van der Waals surface area contributed by atoms with Gasteiger partial charge in [-0.3, -0.25) is 4.79 Å². The Balaban J connectivity index is 0.000000140. The monoisotopic (exact) mass is 1910 g/mol. The van der Waals surface area contributed by atoms with Crippen LogP contribution in [-0.2, 0) is 90.7 Å². The fourth-order valence-electron chi connectivity index (χ4n) is 17.2. The van der Waals surface area contributed by atoms with Gasteiger partial charge in [-0.15, -0.1) is 0 Å². The van der Waals surface area contributed by atoms with Crippen LogP contribution in [0.2, 0.25) is 0 Å². The Labute approximate surface area is 800 Å². The zero-order valence-corrected chi connectivity index (χ0v) is 81.3. The van der Waals surface area contributed by atoms with E-state index < -0.39 is 41.6 Å². The number of ketones is 1. The van der Waals surface area contributed by atoms with Crippen LogP contribution in [0.4, 0.5) is 9.59 Å². The number of aryl methyl sites for hydroxylation is 3. The summed E-state index contributed by atoms with van der Waals surface area (Å²) >= 11 is 3.47. The van der Waals surface area contributed by atoms with Gasteiger partial charge in [-0.1, -0.05) is 136 Å². The minimum Gasteiger partial charge on any atom is -0.507 e. The number of amides is 2. The average molecular weight is 1920 g/mol. The number of pyridine rings is 3. The summed E-state index contributed by atoms with van der Waals surface area (Å²) < 4.78 is 73.8. The van der Waals surface area contributed by atoms with Gasteiger partial charge in [-0.25, -0.2) is 24.0 Å². The highest BCUT2D eigenvalue weighted by Crippen LogP contribution is 2.41. The Morgan fingerprint density at radius 2 is 0.831 bits per heavy atom. The molecule has 1 fully saturated rings. The van der Waals surface area contributed by atoms with E-state index in [1.54, 1.807) is 44.6 Å². The van der Waals surface area contributed by atoms with Crippen LogP contribution < -0.4 is 42.7 Å². The Kier molecular flexibility index (Phi) is 30.2. The normalized spacial score (nSPS) is 15.6. The molecule has 0 bridgehead atoms. The number of phenols is 1. The van der Waals surface area contributed by atoms with Crippen molar-refractivity contribution in [2.75, 3.05) is 52.7 Å². The maximum atomic E-state index is 12.6. The predicted octanol–water partition coefficient (Wildman–Crippen LogP) is 17.7. The van der Waals surface area contributed by atoms with E-state index in [0.29, 0.717) is 105 Å². The molecule has 6 aromatic heterocycles. The van der Waals surface area contributed by atoms with Gasteiger partial charge in [-0.05, 0) is 230 Å². The number of phenolic OH excluding ortho intramolecular Hbond substituents is 1. The summed E-state index contributed by atoms with van der Waals surface area (Å²) in [7, 11) is 0. The summed E-state index contributed by atoms with van der Waals surface area (Å²) in [6.07, 6.45) is 6.65. The number of fused-ring (bicyclic) bond motifs is 12. The van der Waals surface area contributed by atoms with Gasteiger partial charge >= 0.3 is 65.2 Å². The third-order valence-corrected chi connectivity index (χ3v) is 24.4. The molecule has 0 radical (unpaired) electrons. The number of esters is 3. The predicted molar refractivity (Wildman–Crippen MR) is 509 cm³/mol. The number of nitrogens with one attached hydrogen (secondary N) is 1. The number of hydrogen-bond acceptors (Lipinski definition) is 22. The Morgan fingerprint density at radius 3 is 1.22 bits per heavy atom. The molecule has 30 nitrogen and oxygen atoms in total. The van der Waals surface area contributed by atoms with E-state index in [2.05, 4.69) is 121 Å². The van der Waals surface area contributed by atoms with Gasteiger partial charge in [0.05, 0.1) is 68.3 Å². The molecule has 31 heteroatoms. The quantitative estimate of drug-likeness (QED) is 0.0393. The number of halogens is 1. The molecule has 7 aliphatic heterocycles. The summed E-state index contributed by atoms with van der Waals surface area (Å²) in [6, 6.07) is 54.9. The number of carbonyl (C=O) groups is 6. The van der Waals surface area contributed by atoms with Crippen molar-refractivity contribution in [3.8, 4) is 86.1 Å². The number of alkyl halides is 1. The zero-order chi connectivity index (χ0) is 96.4. The number of Topliss-reactive ketones (excluding diaryl/α,β-unsaturated/α-hetero) is 1. The molecule has 0 saturated carbocycles. The van der Waals surface area contributed by atoms with Crippen LogP contribution in [0.25, 0.3) is 51.2 Å². The Morgan fingerprint density at radius 1 is 0.463 bits per heavy atom. The molecule has 2 amide bonds. The maximum Gasteiger partial charge on any atom is 0.410 e. The maximum absolute atomic E-state index is 12.6. The number of aromatic hydroxyl groups is 1. The van der Waals surface area contributed by atoms with E-state index in [0.717, 1.165) is 135 Å². The highest BCUT2D eigenvalue weighted by Gasteiger charge is 2.43. The second-order valence-electron chi connectivity index (χ2n) is 35.8. The third kappa shape index (κ3) is 21.8. The van der Waals surface area contributed by atoms with Gasteiger partial charge in [0, 0.05) is 89.9 Å². The SMILES string of the molecule is CC(C)(C)OC(=O)N1CCc2cc(CBr)ccc2C1.CCOC(=O)c1cnn2c1OC(C)[n+]1c(-c3cccc(C)c3O)cccc1-2.CCOC(=O)c1cnn2c1OC(C)[n+]1c(-c3cccc(C)c3OCc3ccc4c(c3)CCN(C(=O)OC(C)(C)C)C4)cccc1-2.CCOC(=O)c1cnn2c1OC(C)[n+]1c(-c3cccc(C)c3OCc3ccc4c(c3)CCNC4)cccc1-2.O=C1CCOCC1. The molecule has 3 unspecified atom stereocenters. The largest absolute Gasteiger partial charge is 0.507 e. The molecule has 7 aliphatic rings. The number of ether oxygens (including phenoxy) is 11. The minimum atomic E-state index is -0.522. The first-order valence-electron chi connectivity index (χ1n) is 46.2. The first-order chi connectivity index (χ1) is 65.4. The van der Waals surface area contributed by atoms with E-state index in [9.17, 15) is 33.9 Å². The van der Waals surface area contributed by atoms with E-state index in [4.69, 9.17) is 52.1 Å². The Bertz CT molecular complexity index is 6460. The molecule has 0 aliphatic carbocycles. The molecule has 0 spiro atoms. The molecule has 12 aromatic rings. The molecule has 136 heavy (non-hydrogen) atoms. The average Bonchev–Trinajstić information content (AvgIpc) is 1.53. The van der Waals surface area contributed by atoms with Crippen molar-refractivity contribution in [2.24, 2.45) is 0 Å². The van der Waals surface area contributed by atoms with Crippen LogP contribution in [0.1, 0.15) is 212 Å². The highest BCUT2D eigenvalue weighted by atomic mass is 79.9. The molecule has 3 atom stereocenters. The van der Waals surface area contributed by atoms with Crippen molar-refractivity contribution >= 4 is 51.8 Å². The van der Waals surface area contributed by atoms with Gasteiger partial charge in [0.15, 0.2) is 16.7 Å². The van der Waals surface area contributed by atoms with Crippen molar-refractivity contribution < 1.29 is 99.7 Å². The Hall–Kier alpha value is -13.8. The van der Waals surface area contributed by atoms with Crippen molar-refractivity contribution in [3.63, 3.8) is 0 Å². The first-order valence-corrected chi connectivity index (χ1v) is 47.3. The second kappa shape index (κ2) is 42.4. The fourth-order valence-corrected chi connectivity index (χ4v) is 17.6. The smallest absolute Gasteiger partial charge is 0.410 e. The summed E-state index contributed by atoms with van der Waals surface area (Å²) in [6.45, 7) is 35.8. The lowest BCUT2D eigenvalue weighted by molar-refractivity contribution is -0.741. The van der Waals surface area contributed by atoms with E-state index in [-0.39, 0.29) is 44.0 Å². The molecule has 1 saturated heterocycles. The van der Waals surface area contributed by atoms with Crippen LogP contribution in [-0.4, -0.2) is 144 Å². The highest BCUT2D eigenvalue weighted by molar-refractivity contribution is 9.08. The van der Waals surface area contributed by atoms with E-state index in [1.807, 2.05) is 176 Å². The van der Waals surface area contributed by atoms with Crippen LogP contribution in [0, 0.1) is 20.8 Å². The van der Waals surface area contributed by atoms with Crippen LogP contribution >= 0.6 is 15.9 Å². The van der Waals surface area contributed by atoms with Gasteiger partial charge in [0.2, 0.25) is 18.7 Å². The number of nitrogens with zero attached hydrogens (tertiary/aromatic N) is 11. The van der Waals surface area contributed by atoms with Gasteiger partial charge in [-0.2, -0.15) is 13.7 Å². The van der Waals surface area contributed by atoms with Crippen LogP contribution in [0.15, 0.2) is 182 Å². The summed E-state index contributed by atoms with van der Waals surface area (Å²) in [4.78, 5) is 75.7. The topological polar surface area (TPSA) is 308 Å². The van der Waals surface area contributed by atoms with E-state index in [1.165, 1.54) is 52.0 Å². The van der Waals surface area contributed by atoms with Crippen LogP contribution in [0.5, 0.6) is 34.9 Å². The molecule has 13 heterocycles. The summed E-state index contributed by atoms with van der Waals surface area (Å²) in [5, 5.41) is 28.1. The molecule has 710 valence electrons. The zero-order valence-electron chi connectivity index (χ0n) is 79.7. The molecule has 2 N–H and O–H groups in total. The van der Waals surface area contributed by atoms with Crippen molar-refractivity contribution in [1.29, 1.82) is 0 Å².